The number of nitrogens with zero attached hydrogens (tertiary/aromatic N) is 2. The van der Waals surface area contributed by atoms with E-state index >= 15 is 0 Å². The molecule has 12 heteroatoms. The molecule has 0 saturated heterocycles. The molecule has 0 atom stereocenters. The van der Waals surface area contributed by atoms with E-state index in [0.29, 0.717) is 5.56 Å². The largest absolute Gasteiger partial charge is 0.451 e. The number of H-pyrrole nitrogens is 1. The lowest BCUT2D eigenvalue weighted by molar-refractivity contribution is -0.144. The summed E-state index contributed by atoms with van der Waals surface area (Å²) in [5.41, 5.74) is 1.47. The van der Waals surface area contributed by atoms with Crippen LogP contribution in [0.1, 0.15) is 23.4 Å². The minimum atomic E-state index is -4.71. The Kier molecular flexibility index (Phi) is 5.66. The summed E-state index contributed by atoms with van der Waals surface area (Å²) in [6.07, 6.45) is -5.02. The van der Waals surface area contributed by atoms with Crippen molar-refractivity contribution >= 4 is 21.9 Å². The number of amides is 1. The van der Waals surface area contributed by atoms with E-state index < -0.39 is 33.9 Å². The molecule has 1 aromatic carbocycles. The number of carbonyl (C=O) groups is 1. The van der Waals surface area contributed by atoms with Gasteiger partial charge in [0.25, 0.3) is 0 Å². The van der Waals surface area contributed by atoms with E-state index in [1.165, 1.54) is 6.07 Å². The van der Waals surface area contributed by atoms with Gasteiger partial charge in [-0.05, 0) is 25.5 Å². The number of anilines is 1. The first kappa shape index (κ1) is 19.8. The van der Waals surface area contributed by atoms with Crippen LogP contribution in [0.5, 0.6) is 0 Å². The van der Waals surface area contributed by atoms with Crippen LogP contribution < -0.4 is 10.0 Å². The van der Waals surface area contributed by atoms with E-state index in [4.69, 9.17) is 0 Å². The van der Waals surface area contributed by atoms with Gasteiger partial charge in [0, 0.05) is 13.0 Å². The molecule has 1 aromatic heterocycles. The summed E-state index contributed by atoms with van der Waals surface area (Å²) in [5.74, 6) is -2.62. The number of aryl methyl sites for hydroxylation is 2. The van der Waals surface area contributed by atoms with Crippen molar-refractivity contribution in [3.05, 3.63) is 35.2 Å². The summed E-state index contributed by atoms with van der Waals surface area (Å²) in [4.78, 5) is 14.9. The summed E-state index contributed by atoms with van der Waals surface area (Å²) >= 11 is 0. The van der Waals surface area contributed by atoms with Crippen molar-refractivity contribution in [3.8, 4) is 0 Å². The highest BCUT2D eigenvalue weighted by Crippen LogP contribution is 2.26. The lowest BCUT2D eigenvalue weighted by atomic mass is 10.2. The Labute approximate surface area is 147 Å². The van der Waals surface area contributed by atoms with E-state index in [1.54, 1.807) is 24.2 Å². The molecule has 26 heavy (non-hydrogen) atoms. The lowest BCUT2D eigenvalue weighted by Gasteiger charge is -2.09. The van der Waals surface area contributed by atoms with Crippen LogP contribution in [0.3, 0.4) is 0 Å². The van der Waals surface area contributed by atoms with Gasteiger partial charge in [-0.1, -0.05) is 17.7 Å². The van der Waals surface area contributed by atoms with E-state index in [-0.39, 0.29) is 17.9 Å². The van der Waals surface area contributed by atoms with Crippen LogP contribution in [0.4, 0.5) is 19.1 Å². The van der Waals surface area contributed by atoms with Crippen molar-refractivity contribution in [2.75, 3.05) is 11.9 Å². The van der Waals surface area contributed by atoms with Gasteiger partial charge in [0.05, 0.1) is 4.90 Å². The highest BCUT2D eigenvalue weighted by Gasteiger charge is 2.35. The summed E-state index contributed by atoms with van der Waals surface area (Å²) in [7, 11) is -3.81. The van der Waals surface area contributed by atoms with E-state index in [1.807, 2.05) is 6.92 Å². The van der Waals surface area contributed by atoms with Crippen molar-refractivity contribution in [2.24, 2.45) is 0 Å². The fourth-order valence-corrected chi connectivity index (χ4v) is 3.37. The third-order valence-electron chi connectivity index (χ3n) is 3.27. The van der Waals surface area contributed by atoms with Gasteiger partial charge in [0.15, 0.2) is 0 Å². The van der Waals surface area contributed by atoms with Gasteiger partial charge in [0.2, 0.25) is 27.7 Å². The number of sulfonamides is 1. The van der Waals surface area contributed by atoms with Crippen molar-refractivity contribution < 1.29 is 26.4 Å². The molecule has 142 valence electrons. The fourth-order valence-electron chi connectivity index (χ4n) is 2.11. The SMILES string of the molecule is Cc1ccc(S(=O)(=O)NCCC(=O)Nc2n[nH]c(C(F)(F)F)n2)c(C)c1. The maximum Gasteiger partial charge on any atom is 0.451 e. The molecule has 8 nitrogen and oxygen atoms in total. The highest BCUT2D eigenvalue weighted by molar-refractivity contribution is 7.89. The molecule has 0 unspecified atom stereocenters. The summed E-state index contributed by atoms with van der Waals surface area (Å²) in [5, 5.41) is 6.92. The van der Waals surface area contributed by atoms with Gasteiger partial charge in [-0.15, -0.1) is 5.10 Å². The second-order valence-corrected chi connectivity index (χ2v) is 7.21. The molecule has 0 fully saturated rings. The Hall–Kier alpha value is -2.47. The highest BCUT2D eigenvalue weighted by atomic mass is 32.2. The Morgan fingerprint density at radius 2 is 1.96 bits per heavy atom. The molecular weight excluding hydrogens is 375 g/mol. The third kappa shape index (κ3) is 5.02. The molecular formula is C14H16F3N5O3S. The smallest absolute Gasteiger partial charge is 0.293 e. The maximum absolute atomic E-state index is 12.4. The minimum Gasteiger partial charge on any atom is -0.293 e. The van der Waals surface area contributed by atoms with Crippen LogP contribution in [0, 0.1) is 13.8 Å². The molecule has 1 amide bonds. The number of hydrogen-bond acceptors (Lipinski definition) is 5. The number of alkyl halides is 3. The lowest BCUT2D eigenvalue weighted by Crippen LogP contribution is -2.28. The van der Waals surface area contributed by atoms with Gasteiger partial charge in [0.1, 0.15) is 0 Å². The zero-order chi connectivity index (χ0) is 19.5. The van der Waals surface area contributed by atoms with Gasteiger partial charge in [-0.2, -0.15) is 18.2 Å². The Morgan fingerprint density at radius 3 is 2.54 bits per heavy atom. The zero-order valence-electron chi connectivity index (χ0n) is 13.8. The number of halogens is 3. The molecule has 0 spiro atoms. The topological polar surface area (TPSA) is 117 Å². The maximum atomic E-state index is 12.4. The van der Waals surface area contributed by atoms with Crippen molar-refractivity contribution in [2.45, 2.75) is 31.3 Å². The van der Waals surface area contributed by atoms with Crippen molar-refractivity contribution in [1.29, 1.82) is 0 Å². The minimum absolute atomic E-state index is 0.0901. The average Bonchev–Trinajstić information content (AvgIpc) is 2.95. The second kappa shape index (κ2) is 7.41. The van der Waals surface area contributed by atoms with Gasteiger partial charge in [-0.3, -0.25) is 15.2 Å². The van der Waals surface area contributed by atoms with Crippen LogP contribution in [0.25, 0.3) is 0 Å². The normalized spacial score (nSPS) is 12.2. The number of carbonyl (C=O) groups excluding carboxylic acids is 1. The van der Waals surface area contributed by atoms with Crippen molar-refractivity contribution in [3.63, 3.8) is 0 Å². The van der Waals surface area contributed by atoms with E-state index in [2.05, 4.69) is 20.1 Å². The molecule has 1 heterocycles. The summed E-state index contributed by atoms with van der Waals surface area (Å²) in [6, 6.07) is 4.82. The molecule has 3 N–H and O–H groups in total. The first-order chi connectivity index (χ1) is 12.0. The molecule has 0 bridgehead atoms. The number of nitrogens with one attached hydrogen (secondary N) is 3. The van der Waals surface area contributed by atoms with Crippen LogP contribution in [-0.4, -0.2) is 36.1 Å². The Balaban J connectivity index is 1.90. The van der Waals surface area contributed by atoms with E-state index in [0.717, 1.165) is 5.56 Å². The Morgan fingerprint density at radius 1 is 1.27 bits per heavy atom. The first-order valence-electron chi connectivity index (χ1n) is 7.35. The van der Waals surface area contributed by atoms with Crippen LogP contribution in [-0.2, 0) is 21.0 Å². The molecule has 2 rings (SSSR count). The number of benzene rings is 1. The summed E-state index contributed by atoms with van der Waals surface area (Å²) < 4.78 is 63.8. The third-order valence-corrected chi connectivity index (χ3v) is 4.89. The average molecular weight is 391 g/mol. The molecule has 0 aliphatic carbocycles. The number of hydrogen-bond donors (Lipinski definition) is 3. The van der Waals surface area contributed by atoms with Crippen molar-refractivity contribution in [1.82, 2.24) is 19.9 Å². The Bertz CT molecular complexity index is 909. The molecule has 0 saturated carbocycles. The predicted molar refractivity (Wildman–Crippen MR) is 85.7 cm³/mol. The van der Waals surface area contributed by atoms with Crippen LogP contribution in [0.15, 0.2) is 23.1 Å². The van der Waals surface area contributed by atoms with Gasteiger partial charge >= 0.3 is 6.18 Å². The van der Waals surface area contributed by atoms with Gasteiger partial charge < -0.3 is 0 Å². The number of aromatic amines is 1. The van der Waals surface area contributed by atoms with Crippen LogP contribution in [0.2, 0.25) is 0 Å². The summed E-state index contributed by atoms with van der Waals surface area (Å²) in [6.45, 7) is 3.24. The molecule has 0 aliphatic rings. The number of rotatable bonds is 6. The number of aromatic nitrogens is 3. The molecule has 0 aliphatic heterocycles. The predicted octanol–water partition coefficient (Wildman–Crippen LogP) is 1.75. The quantitative estimate of drug-likeness (QED) is 0.694. The van der Waals surface area contributed by atoms with E-state index in [9.17, 15) is 26.4 Å². The van der Waals surface area contributed by atoms with Crippen LogP contribution >= 0.6 is 0 Å². The van der Waals surface area contributed by atoms with Gasteiger partial charge in [-0.25, -0.2) is 13.1 Å². The molecule has 2 aromatic rings. The first-order valence-corrected chi connectivity index (χ1v) is 8.84. The fraction of sp³-hybridized carbons (Fsp3) is 0.357. The zero-order valence-corrected chi connectivity index (χ0v) is 14.6. The second-order valence-electron chi connectivity index (χ2n) is 5.47. The standard InChI is InChI=1S/C14H16F3N5O3S/c1-8-3-4-10(9(2)7-8)26(24,25)18-6-5-11(23)19-13-20-12(21-22-13)14(15,16)17/h3-4,7,18H,5-6H2,1-2H3,(H2,19,20,21,22,23). The monoisotopic (exact) mass is 391 g/mol. The molecule has 0 radical (unpaired) electrons.